The lowest BCUT2D eigenvalue weighted by Gasteiger charge is -2.14. The molecule has 0 N–H and O–H groups in total. The number of carbonyl (C=O) groups is 2. The zero-order valence-corrected chi connectivity index (χ0v) is 19.1. The van der Waals surface area contributed by atoms with Crippen molar-refractivity contribution < 1.29 is 53.4 Å². The van der Waals surface area contributed by atoms with Gasteiger partial charge >= 0.3 is 12.3 Å². The Balaban J connectivity index is 3.67. The molecule has 0 heterocycles. The Bertz CT molecular complexity index is 395. The Kier molecular flexibility index (Phi) is 20.7. The average molecular weight is 455 g/mol. The van der Waals surface area contributed by atoms with Gasteiger partial charge in [0.05, 0.1) is 25.4 Å². The van der Waals surface area contributed by atoms with E-state index in [9.17, 15) is 9.59 Å². The number of hydrogen-bond acceptors (Lipinski definition) is 11. The van der Waals surface area contributed by atoms with Crippen molar-refractivity contribution in [3.63, 3.8) is 0 Å². The molecule has 11 nitrogen and oxygen atoms in total. The summed E-state index contributed by atoms with van der Waals surface area (Å²) in [5, 5.41) is 8.43. The van der Waals surface area contributed by atoms with Crippen molar-refractivity contribution in [3.05, 3.63) is 0 Å². The van der Waals surface area contributed by atoms with Crippen molar-refractivity contribution in [2.24, 2.45) is 0 Å². The predicted molar refractivity (Wildman–Crippen MR) is 107 cm³/mol. The van der Waals surface area contributed by atoms with Gasteiger partial charge in [0.15, 0.2) is 0 Å². The third-order valence-corrected chi connectivity index (χ3v) is 4.44. The van der Waals surface area contributed by atoms with Gasteiger partial charge in [-0.2, -0.15) is 19.4 Å². The summed E-state index contributed by atoms with van der Waals surface area (Å²) in [6, 6.07) is 0. The van der Waals surface area contributed by atoms with E-state index in [1.165, 1.54) is 0 Å². The summed E-state index contributed by atoms with van der Waals surface area (Å²) < 4.78 is 14.7. The molecule has 11 heteroatoms. The van der Waals surface area contributed by atoms with Crippen LogP contribution in [0.1, 0.15) is 78.1 Å². The van der Waals surface area contributed by atoms with Crippen LogP contribution in [-0.2, 0) is 43.8 Å². The van der Waals surface area contributed by atoms with Crippen molar-refractivity contribution in [2.45, 2.75) is 90.3 Å². The van der Waals surface area contributed by atoms with Crippen molar-refractivity contribution in [1.82, 2.24) is 0 Å². The van der Waals surface area contributed by atoms with Crippen molar-refractivity contribution in [1.29, 1.82) is 0 Å². The topological polar surface area (TPSA) is 117 Å². The van der Waals surface area contributed by atoms with E-state index in [1.54, 1.807) is 14.2 Å². The number of rotatable bonds is 20. The second-order valence-corrected chi connectivity index (χ2v) is 6.83. The van der Waals surface area contributed by atoms with Gasteiger partial charge in [0.2, 0.25) is 0 Å². The number of methoxy groups -OCH3 is 2. The molecular weight excluding hydrogens is 416 g/mol. The van der Waals surface area contributed by atoms with Crippen LogP contribution < -0.4 is 0 Å². The molecule has 0 aromatic rings. The molecule has 0 saturated carbocycles. The number of unbranched alkanes of at least 4 members (excludes halogenated alkanes) is 4. The fourth-order valence-electron chi connectivity index (χ4n) is 2.64. The van der Waals surface area contributed by atoms with Crippen LogP contribution in [0.3, 0.4) is 0 Å². The fourth-order valence-corrected chi connectivity index (χ4v) is 2.64. The van der Waals surface area contributed by atoms with Crippen LogP contribution in [0.15, 0.2) is 0 Å². The van der Waals surface area contributed by atoms with Gasteiger partial charge in [-0.15, -0.1) is 0 Å². The van der Waals surface area contributed by atoms with E-state index in [-0.39, 0.29) is 25.4 Å². The highest BCUT2D eigenvalue weighted by Crippen LogP contribution is 2.11. The lowest BCUT2D eigenvalue weighted by atomic mass is 10.1. The van der Waals surface area contributed by atoms with E-state index in [0.717, 1.165) is 51.4 Å². The summed E-state index contributed by atoms with van der Waals surface area (Å²) >= 11 is 0. The van der Waals surface area contributed by atoms with Crippen LogP contribution in [0.5, 0.6) is 0 Å². The lowest BCUT2D eigenvalue weighted by molar-refractivity contribution is -0.493. The van der Waals surface area contributed by atoms with E-state index in [1.807, 2.05) is 0 Å². The maximum Gasteiger partial charge on any atom is 0.553 e. The van der Waals surface area contributed by atoms with Gasteiger partial charge in [0.25, 0.3) is 0 Å². The van der Waals surface area contributed by atoms with Gasteiger partial charge in [-0.05, 0) is 22.9 Å². The van der Waals surface area contributed by atoms with E-state index in [0.29, 0.717) is 12.8 Å². The molecule has 0 fully saturated rings. The summed E-state index contributed by atoms with van der Waals surface area (Å²) in [5.41, 5.74) is 0. The fraction of sp³-hybridized carbons (Fsp3) is 0.900. The maximum atomic E-state index is 11.2. The monoisotopic (exact) mass is 454 g/mol. The molecule has 0 aliphatic rings. The lowest BCUT2D eigenvalue weighted by Crippen LogP contribution is -2.18. The zero-order valence-electron chi connectivity index (χ0n) is 19.1. The van der Waals surface area contributed by atoms with Crippen LogP contribution in [0.25, 0.3) is 0 Å². The quantitative estimate of drug-likeness (QED) is 0.0815. The first-order valence-corrected chi connectivity index (χ1v) is 10.8. The van der Waals surface area contributed by atoms with Crippen LogP contribution in [-0.4, -0.2) is 52.0 Å². The minimum atomic E-state index is -1.49. The second-order valence-electron chi connectivity index (χ2n) is 6.83. The Morgan fingerprint density at radius 1 is 0.645 bits per heavy atom. The average Bonchev–Trinajstić information content (AvgIpc) is 2.76. The Hall–Kier alpha value is -1.50. The van der Waals surface area contributed by atoms with Gasteiger partial charge in [0, 0.05) is 27.1 Å². The third kappa shape index (κ3) is 18.9. The summed E-state index contributed by atoms with van der Waals surface area (Å²) in [4.78, 5) is 40.1. The highest BCUT2D eigenvalue weighted by Gasteiger charge is 2.17. The molecule has 0 aliphatic carbocycles. The molecule has 31 heavy (non-hydrogen) atoms. The summed E-state index contributed by atoms with van der Waals surface area (Å²) in [7, 11) is 3.23. The van der Waals surface area contributed by atoms with Crippen molar-refractivity contribution in [2.75, 3.05) is 27.4 Å². The summed E-state index contributed by atoms with van der Waals surface area (Å²) in [6.45, 7) is 4.50. The first-order chi connectivity index (χ1) is 15.1. The van der Waals surface area contributed by atoms with E-state index in [2.05, 4.69) is 48.2 Å². The minimum Gasteiger partial charge on any atom is -0.381 e. The first-order valence-electron chi connectivity index (χ1n) is 10.8. The molecule has 0 spiro atoms. The number of hydrogen-bond donors (Lipinski definition) is 0. The second kappa shape index (κ2) is 21.7. The third-order valence-electron chi connectivity index (χ3n) is 4.44. The molecule has 0 rings (SSSR count). The van der Waals surface area contributed by atoms with Crippen molar-refractivity contribution in [3.8, 4) is 0 Å². The van der Waals surface area contributed by atoms with E-state index in [4.69, 9.17) is 9.47 Å². The number of ether oxygens (including phenoxy) is 3. The van der Waals surface area contributed by atoms with Gasteiger partial charge in [0.1, 0.15) is 0 Å². The Morgan fingerprint density at radius 3 is 1.42 bits per heavy atom. The molecule has 184 valence electrons. The SMILES string of the molecule is CCCCCC(CCOOOC(=O)OC(=O)OOOCCC(CCCCC)OC)OC. The zero-order chi connectivity index (χ0) is 23.2. The molecule has 2 unspecified atom stereocenters. The highest BCUT2D eigenvalue weighted by molar-refractivity contribution is 5.76. The molecule has 2 atom stereocenters. The summed E-state index contributed by atoms with van der Waals surface area (Å²) in [5.74, 6) is 0. The van der Waals surface area contributed by atoms with Crippen LogP contribution in [0, 0.1) is 0 Å². The maximum absolute atomic E-state index is 11.2. The van der Waals surface area contributed by atoms with Crippen LogP contribution in [0.2, 0.25) is 0 Å². The molecule has 0 bridgehead atoms. The predicted octanol–water partition coefficient (Wildman–Crippen LogP) is 4.97. The summed E-state index contributed by atoms with van der Waals surface area (Å²) in [6.07, 6.45) is 6.57. The van der Waals surface area contributed by atoms with Gasteiger partial charge in [-0.25, -0.2) is 9.78 Å². The van der Waals surface area contributed by atoms with E-state index < -0.39 is 12.3 Å². The van der Waals surface area contributed by atoms with Gasteiger partial charge < -0.3 is 14.2 Å². The Labute approximate surface area is 184 Å². The molecule has 0 amide bonds. The normalized spacial score (nSPS) is 12.9. The standard InChI is InChI=1S/C20H38O11/c1-5-7-9-11-17(23-3)13-15-25-30-28-19(21)27-20(22)29-31-26-16-14-18(24-4)12-10-8-6-2/h17-18H,5-16H2,1-4H3. The molecular formula is C20H38O11. The van der Waals surface area contributed by atoms with Gasteiger partial charge in [-0.3, -0.25) is 0 Å². The highest BCUT2D eigenvalue weighted by atomic mass is 17.5. The number of carbonyl (C=O) groups excluding carboxylic acids is 2. The van der Waals surface area contributed by atoms with Crippen LogP contribution >= 0.6 is 0 Å². The Morgan fingerprint density at radius 2 is 1.06 bits per heavy atom. The molecule has 0 aromatic carbocycles. The van der Waals surface area contributed by atoms with Crippen LogP contribution in [0.4, 0.5) is 9.59 Å². The molecule has 0 saturated heterocycles. The minimum absolute atomic E-state index is 0.0183. The van der Waals surface area contributed by atoms with E-state index >= 15 is 0 Å². The largest absolute Gasteiger partial charge is 0.553 e. The molecule has 0 aromatic heterocycles. The van der Waals surface area contributed by atoms with Crippen molar-refractivity contribution >= 4 is 12.3 Å². The smallest absolute Gasteiger partial charge is 0.381 e. The van der Waals surface area contributed by atoms with Gasteiger partial charge in [-0.1, -0.05) is 52.4 Å². The first kappa shape index (κ1) is 29.5. The molecule has 0 aliphatic heterocycles. The molecule has 0 radical (unpaired) electrons.